The number of carbonyl (C=O) groups excluding carboxylic acids is 1. The maximum atomic E-state index is 13.0. The molecular weight excluding hydrogens is 312 g/mol. The average molecular weight is 338 g/mol. The molecule has 3 heterocycles. The van der Waals surface area contributed by atoms with E-state index in [1.54, 1.807) is 0 Å². The second-order valence-corrected chi connectivity index (χ2v) is 7.21. The van der Waals surface area contributed by atoms with Crippen LogP contribution in [0.5, 0.6) is 0 Å². The van der Waals surface area contributed by atoms with Crippen LogP contribution in [0.4, 0.5) is 0 Å². The predicted molar refractivity (Wildman–Crippen MR) is 97.3 cm³/mol. The van der Waals surface area contributed by atoms with E-state index in [1.807, 2.05) is 42.4 Å². The van der Waals surface area contributed by atoms with Gasteiger partial charge in [-0.3, -0.25) is 9.69 Å². The van der Waals surface area contributed by atoms with E-state index in [-0.39, 0.29) is 5.91 Å². The van der Waals surface area contributed by atoms with E-state index in [9.17, 15) is 4.79 Å². The van der Waals surface area contributed by atoms with Crippen molar-refractivity contribution in [3.63, 3.8) is 0 Å². The molecule has 0 aliphatic carbocycles. The molecule has 1 aromatic heterocycles. The molecular formula is C20H26N4O. The third kappa shape index (κ3) is 3.33. The lowest BCUT2D eigenvalue weighted by molar-refractivity contribution is 0.0744. The number of imidazole rings is 1. The fourth-order valence-electron chi connectivity index (χ4n) is 3.96. The summed E-state index contributed by atoms with van der Waals surface area (Å²) < 4.78 is 2.25. The van der Waals surface area contributed by atoms with Gasteiger partial charge in [-0.15, -0.1) is 0 Å². The fraction of sp³-hybridized carbons (Fsp3) is 0.500. The third-order valence-electron chi connectivity index (χ3n) is 5.44. The van der Waals surface area contributed by atoms with Crippen LogP contribution in [0.3, 0.4) is 0 Å². The monoisotopic (exact) mass is 338 g/mol. The lowest BCUT2D eigenvalue weighted by Gasteiger charge is -2.22. The van der Waals surface area contributed by atoms with Crippen molar-refractivity contribution >= 4 is 5.91 Å². The third-order valence-corrected chi connectivity index (χ3v) is 5.44. The minimum absolute atomic E-state index is 0.139. The number of carbonyl (C=O) groups is 1. The zero-order chi connectivity index (χ0) is 17.2. The number of hydrogen-bond acceptors (Lipinski definition) is 3. The van der Waals surface area contributed by atoms with Crippen molar-refractivity contribution in [2.45, 2.75) is 45.8 Å². The summed E-state index contributed by atoms with van der Waals surface area (Å²) in [4.78, 5) is 22.2. The Bertz CT molecular complexity index is 761. The highest BCUT2D eigenvalue weighted by Crippen LogP contribution is 2.21. The van der Waals surface area contributed by atoms with Gasteiger partial charge in [0.1, 0.15) is 0 Å². The molecule has 1 saturated heterocycles. The molecule has 1 fully saturated rings. The average Bonchev–Trinajstić information content (AvgIpc) is 3.20. The van der Waals surface area contributed by atoms with Crippen LogP contribution in [0.25, 0.3) is 0 Å². The molecule has 5 heteroatoms. The normalized spacial score (nSPS) is 18.2. The van der Waals surface area contributed by atoms with E-state index in [2.05, 4.69) is 14.5 Å². The van der Waals surface area contributed by atoms with Crippen LogP contribution in [0.15, 0.2) is 30.6 Å². The highest BCUT2D eigenvalue weighted by molar-refractivity contribution is 5.95. The molecule has 25 heavy (non-hydrogen) atoms. The Morgan fingerprint density at radius 3 is 2.68 bits per heavy atom. The first-order valence-electron chi connectivity index (χ1n) is 9.32. The van der Waals surface area contributed by atoms with Gasteiger partial charge in [0.2, 0.25) is 0 Å². The topological polar surface area (TPSA) is 41.4 Å². The van der Waals surface area contributed by atoms with Crippen molar-refractivity contribution in [2.24, 2.45) is 0 Å². The zero-order valence-corrected chi connectivity index (χ0v) is 14.9. The van der Waals surface area contributed by atoms with Gasteiger partial charge in [-0.25, -0.2) is 4.98 Å². The minimum Gasteiger partial charge on any atom is -0.333 e. The molecule has 0 unspecified atom stereocenters. The van der Waals surface area contributed by atoms with Crippen LogP contribution in [0.1, 0.15) is 46.6 Å². The number of amides is 1. The molecule has 132 valence electrons. The van der Waals surface area contributed by atoms with Gasteiger partial charge in [-0.1, -0.05) is 18.2 Å². The number of nitrogens with zero attached hydrogens (tertiary/aromatic N) is 4. The number of rotatable bonds is 3. The van der Waals surface area contributed by atoms with Crippen LogP contribution in [0, 0.1) is 6.92 Å². The van der Waals surface area contributed by atoms with E-state index in [0.29, 0.717) is 6.54 Å². The standard InChI is InChI=1S/C20H26N4O/c1-16-7-2-3-8-17(16)20(25)23-11-6-12-24-15-21-18(19(24)14-23)13-22-9-4-5-10-22/h2-3,7-8,15H,4-6,9-14H2,1H3. The Kier molecular flexibility index (Phi) is 4.57. The fourth-order valence-corrected chi connectivity index (χ4v) is 3.96. The van der Waals surface area contributed by atoms with Crippen molar-refractivity contribution in [3.8, 4) is 0 Å². The molecule has 1 aromatic carbocycles. The van der Waals surface area contributed by atoms with Crippen molar-refractivity contribution < 1.29 is 4.79 Å². The number of aryl methyl sites for hydroxylation is 2. The van der Waals surface area contributed by atoms with E-state index in [0.717, 1.165) is 56.0 Å². The summed E-state index contributed by atoms with van der Waals surface area (Å²) in [6, 6.07) is 7.87. The van der Waals surface area contributed by atoms with Crippen LogP contribution in [-0.2, 0) is 19.6 Å². The van der Waals surface area contributed by atoms with Gasteiger partial charge in [0.15, 0.2) is 0 Å². The molecule has 0 N–H and O–H groups in total. The molecule has 0 atom stereocenters. The first kappa shape index (κ1) is 16.3. The van der Waals surface area contributed by atoms with Crippen molar-refractivity contribution in [2.75, 3.05) is 19.6 Å². The SMILES string of the molecule is Cc1ccccc1C(=O)N1CCCn2cnc(CN3CCCC3)c2C1. The molecule has 2 aliphatic rings. The second-order valence-electron chi connectivity index (χ2n) is 7.21. The zero-order valence-electron chi connectivity index (χ0n) is 14.9. The highest BCUT2D eigenvalue weighted by atomic mass is 16.2. The lowest BCUT2D eigenvalue weighted by Crippen LogP contribution is -2.32. The smallest absolute Gasteiger partial charge is 0.254 e. The van der Waals surface area contributed by atoms with Crippen LogP contribution in [-0.4, -0.2) is 44.9 Å². The molecule has 1 amide bonds. The van der Waals surface area contributed by atoms with Crippen molar-refractivity contribution in [1.29, 1.82) is 0 Å². The van der Waals surface area contributed by atoms with E-state index in [1.165, 1.54) is 18.5 Å². The molecule has 0 spiro atoms. The summed E-state index contributed by atoms with van der Waals surface area (Å²) in [5.74, 6) is 0.139. The summed E-state index contributed by atoms with van der Waals surface area (Å²) in [7, 11) is 0. The Morgan fingerprint density at radius 1 is 1.08 bits per heavy atom. The van der Waals surface area contributed by atoms with Gasteiger partial charge in [-0.2, -0.15) is 0 Å². The summed E-state index contributed by atoms with van der Waals surface area (Å²) in [5.41, 5.74) is 4.22. The number of hydrogen-bond donors (Lipinski definition) is 0. The van der Waals surface area contributed by atoms with Crippen LogP contribution < -0.4 is 0 Å². The van der Waals surface area contributed by atoms with Gasteiger partial charge in [0.05, 0.1) is 24.3 Å². The summed E-state index contributed by atoms with van der Waals surface area (Å²) >= 11 is 0. The number of benzene rings is 1. The quantitative estimate of drug-likeness (QED) is 0.864. The molecule has 2 aliphatic heterocycles. The molecule has 4 rings (SSSR count). The molecule has 0 radical (unpaired) electrons. The molecule has 0 saturated carbocycles. The molecule has 0 bridgehead atoms. The first-order valence-corrected chi connectivity index (χ1v) is 9.32. The van der Waals surface area contributed by atoms with Gasteiger partial charge in [0, 0.05) is 25.2 Å². The lowest BCUT2D eigenvalue weighted by atomic mass is 10.1. The van der Waals surface area contributed by atoms with Gasteiger partial charge >= 0.3 is 0 Å². The van der Waals surface area contributed by atoms with E-state index >= 15 is 0 Å². The maximum absolute atomic E-state index is 13.0. The molecule has 2 aromatic rings. The Labute approximate surface area is 149 Å². The number of aromatic nitrogens is 2. The van der Waals surface area contributed by atoms with Crippen molar-refractivity contribution in [1.82, 2.24) is 19.4 Å². The van der Waals surface area contributed by atoms with E-state index < -0.39 is 0 Å². The second kappa shape index (κ2) is 7.00. The maximum Gasteiger partial charge on any atom is 0.254 e. The van der Waals surface area contributed by atoms with Crippen molar-refractivity contribution in [3.05, 3.63) is 53.1 Å². The molecule has 5 nitrogen and oxygen atoms in total. The Morgan fingerprint density at radius 2 is 1.88 bits per heavy atom. The first-order chi connectivity index (χ1) is 12.2. The summed E-state index contributed by atoms with van der Waals surface area (Å²) in [6.07, 6.45) is 5.51. The summed E-state index contributed by atoms with van der Waals surface area (Å²) in [5, 5.41) is 0. The Balaban J connectivity index is 1.56. The summed E-state index contributed by atoms with van der Waals surface area (Å²) in [6.45, 7) is 7.66. The van der Waals surface area contributed by atoms with Crippen LogP contribution in [0.2, 0.25) is 0 Å². The van der Waals surface area contributed by atoms with Crippen LogP contribution >= 0.6 is 0 Å². The van der Waals surface area contributed by atoms with E-state index in [4.69, 9.17) is 0 Å². The predicted octanol–water partition coefficient (Wildman–Crippen LogP) is 2.83. The van der Waals surface area contributed by atoms with Gasteiger partial charge in [0.25, 0.3) is 5.91 Å². The number of fused-ring (bicyclic) bond motifs is 1. The van der Waals surface area contributed by atoms with Gasteiger partial charge < -0.3 is 9.47 Å². The largest absolute Gasteiger partial charge is 0.333 e. The Hall–Kier alpha value is -2.14. The minimum atomic E-state index is 0.139. The number of likely N-dealkylation sites (tertiary alicyclic amines) is 1. The van der Waals surface area contributed by atoms with Gasteiger partial charge in [-0.05, 0) is 50.9 Å². The highest BCUT2D eigenvalue weighted by Gasteiger charge is 2.25.